The normalized spacial score (nSPS) is 31.1. The molecule has 0 saturated carbocycles. The maximum Gasteiger partial charge on any atom is 0.257 e. The number of rotatable bonds is 2. The van der Waals surface area contributed by atoms with Crippen molar-refractivity contribution in [3.05, 3.63) is 28.8 Å². The molecular weight excluding hydrogens is 326 g/mol. The lowest BCUT2D eigenvalue weighted by atomic mass is 9.90. The van der Waals surface area contributed by atoms with Gasteiger partial charge in [-0.25, -0.2) is 8.78 Å². The maximum atomic E-state index is 14.7. The van der Waals surface area contributed by atoms with Crippen LogP contribution < -0.4 is 15.5 Å². The second kappa shape index (κ2) is 5.64. The molecule has 5 nitrogen and oxygen atoms in total. The zero-order valence-electron chi connectivity index (χ0n) is 14.0. The molecule has 6 rings (SSSR count). The van der Waals surface area contributed by atoms with Crippen LogP contribution in [-0.4, -0.2) is 55.1 Å². The minimum absolute atomic E-state index is 0.0615. The number of benzene rings is 1. The fraction of sp³-hybridized carbons (Fsp3) is 0.611. The summed E-state index contributed by atoms with van der Waals surface area (Å²) in [5.74, 6) is -2.22. The Hall–Kier alpha value is -1.73. The van der Waals surface area contributed by atoms with Gasteiger partial charge in [-0.05, 0) is 37.4 Å². The van der Waals surface area contributed by atoms with Crippen molar-refractivity contribution in [2.24, 2.45) is 0 Å². The lowest BCUT2D eigenvalue weighted by Crippen LogP contribution is -2.67. The highest BCUT2D eigenvalue weighted by atomic mass is 19.2. The Bertz CT molecular complexity index is 718. The second-order valence-corrected chi connectivity index (χ2v) is 7.69. The summed E-state index contributed by atoms with van der Waals surface area (Å²) in [4.78, 5) is 16.3. The van der Waals surface area contributed by atoms with E-state index in [0.717, 1.165) is 32.4 Å². The third-order valence-corrected chi connectivity index (χ3v) is 6.06. The molecule has 25 heavy (non-hydrogen) atoms. The summed E-state index contributed by atoms with van der Waals surface area (Å²) >= 11 is 0. The van der Waals surface area contributed by atoms with E-state index in [2.05, 4.69) is 10.6 Å². The lowest BCUT2D eigenvalue weighted by Gasteiger charge is -2.49. The summed E-state index contributed by atoms with van der Waals surface area (Å²) in [7, 11) is 0. The molecule has 5 aliphatic heterocycles. The summed E-state index contributed by atoms with van der Waals surface area (Å²) in [5, 5.41) is 6.68. The first-order valence-electron chi connectivity index (χ1n) is 9.15. The van der Waals surface area contributed by atoms with Gasteiger partial charge in [0.2, 0.25) is 0 Å². The van der Waals surface area contributed by atoms with Crippen LogP contribution in [-0.2, 0) is 6.54 Å². The predicted molar refractivity (Wildman–Crippen MR) is 89.7 cm³/mol. The number of halogens is 2. The van der Waals surface area contributed by atoms with Crippen LogP contribution in [0.15, 0.2) is 6.07 Å². The molecule has 4 saturated heterocycles. The Labute approximate surface area is 145 Å². The SMILES string of the molecule is O=C1c2c(cc(N3CC4CC(C3)N4)c(F)c2F)CN1C1CCCNC1. The number of piperidine rings is 2. The van der Waals surface area contributed by atoms with Crippen molar-refractivity contribution in [2.45, 2.75) is 43.9 Å². The molecule has 0 spiro atoms. The molecule has 1 amide bonds. The van der Waals surface area contributed by atoms with Crippen molar-refractivity contribution in [2.75, 3.05) is 31.1 Å². The van der Waals surface area contributed by atoms with E-state index in [1.54, 1.807) is 11.0 Å². The monoisotopic (exact) mass is 348 g/mol. The van der Waals surface area contributed by atoms with Gasteiger partial charge in [-0.1, -0.05) is 0 Å². The number of anilines is 1. The number of nitrogens with one attached hydrogen (secondary N) is 2. The number of hydrogen-bond acceptors (Lipinski definition) is 4. The average molecular weight is 348 g/mol. The Kier molecular flexibility index (Phi) is 3.50. The molecule has 134 valence electrons. The standard InChI is InChI=1S/C18H22F2N4O/c19-16-14(23-8-11-5-12(9-23)22-11)4-10-7-24(13-2-1-3-21-6-13)18(25)15(10)17(16)20/h4,11-13,21-22H,1-3,5-9H2. The van der Waals surface area contributed by atoms with E-state index >= 15 is 0 Å². The Balaban J connectivity index is 1.47. The largest absolute Gasteiger partial charge is 0.366 e. The van der Waals surface area contributed by atoms with E-state index in [1.165, 1.54) is 0 Å². The fourth-order valence-electron chi connectivity index (χ4n) is 4.75. The van der Waals surface area contributed by atoms with Gasteiger partial charge in [-0.3, -0.25) is 4.79 Å². The third-order valence-electron chi connectivity index (χ3n) is 6.06. The van der Waals surface area contributed by atoms with Crippen molar-refractivity contribution < 1.29 is 13.6 Å². The Morgan fingerprint density at radius 3 is 2.60 bits per heavy atom. The average Bonchev–Trinajstić information content (AvgIpc) is 2.95. The molecule has 7 heteroatoms. The highest BCUT2D eigenvalue weighted by Crippen LogP contribution is 2.36. The molecule has 2 N–H and O–H groups in total. The van der Waals surface area contributed by atoms with Crippen LogP contribution in [0.1, 0.15) is 35.2 Å². The van der Waals surface area contributed by atoms with Crippen molar-refractivity contribution in [1.29, 1.82) is 0 Å². The maximum absolute atomic E-state index is 14.7. The quantitative estimate of drug-likeness (QED) is 0.844. The summed E-state index contributed by atoms with van der Waals surface area (Å²) < 4.78 is 29.4. The highest BCUT2D eigenvalue weighted by Gasteiger charge is 2.41. The minimum atomic E-state index is -0.976. The Morgan fingerprint density at radius 1 is 1.16 bits per heavy atom. The van der Waals surface area contributed by atoms with E-state index in [1.807, 2.05) is 4.90 Å². The molecule has 3 unspecified atom stereocenters. The first kappa shape index (κ1) is 15.5. The second-order valence-electron chi connectivity index (χ2n) is 7.69. The molecule has 1 aromatic carbocycles. The molecule has 2 bridgehead atoms. The molecule has 0 aromatic heterocycles. The van der Waals surface area contributed by atoms with Crippen LogP contribution in [0.2, 0.25) is 0 Å². The van der Waals surface area contributed by atoms with Crippen LogP contribution in [0.5, 0.6) is 0 Å². The van der Waals surface area contributed by atoms with Crippen LogP contribution in [0.3, 0.4) is 0 Å². The minimum Gasteiger partial charge on any atom is -0.366 e. The molecule has 5 aliphatic rings. The number of nitrogens with zero attached hydrogens (tertiary/aromatic N) is 2. The lowest BCUT2D eigenvalue weighted by molar-refractivity contribution is 0.0671. The topological polar surface area (TPSA) is 47.6 Å². The van der Waals surface area contributed by atoms with Crippen LogP contribution >= 0.6 is 0 Å². The summed E-state index contributed by atoms with van der Waals surface area (Å²) in [6.45, 7) is 3.43. The molecular formula is C18H22F2N4O. The molecule has 3 atom stereocenters. The van der Waals surface area contributed by atoms with Crippen LogP contribution in [0.25, 0.3) is 0 Å². The number of amides is 1. The number of carbonyl (C=O) groups is 1. The van der Waals surface area contributed by atoms with Gasteiger partial charge in [-0.15, -0.1) is 0 Å². The van der Waals surface area contributed by atoms with Gasteiger partial charge in [0.05, 0.1) is 11.3 Å². The summed E-state index contributed by atoms with van der Waals surface area (Å²) in [6, 6.07) is 2.49. The Morgan fingerprint density at radius 2 is 1.92 bits per heavy atom. The van der Waals surface area contributed by atoms with Crippen LogP contribution in [0.4, 0.5) is 14.5 Å². The molecule has 5 heterocycles. The first-order chi connectivity index (χ1) is 12.1. The predicted octanol–water partition coefficient (Wildman–Crippen LogP) is 1.22. The van der Waals surface area contributed by atoms with E-state index in [0.29, 0.717) is 43.0 Å². The fourth-order valence-corrected chi connectivity index (χ4v) is 4.75. The third kappa shape index (κ3) is 2.36. The van der Waals surface area contributed by atoms with Gasteiger partial charge >= 0.3 is 0 Å². The van der Waals surface area contributed by atoms with E-state index in [9.17, 15) is 13.6 Å². The molecule has 0 radical (unpaired) electrons. The van der Waals surface area contributed by atoms with Gasteiger partial charge < -0.3 is 20.4 Å². The summed E-state index contributed by atoms with van der Waals surface area (Å²) in [5.41, 5.74) is 0.868. The zero-order chi connectivity index (χ0) is 17.1. The number of fused-ring (bicyclic) bond motifs is 3. The van der Waals surface area contributed by atoms with E-state index in [-0.39, 0.29) is 17.5 Å². The van der Waals surface area contributed by atoms with E-state index in [4.69, 9.17) is 0 Å². The van der Waals surface area contributed by atoms with E-state index < -0.39 is 11.6 Å². The van der Waals surface area contributed by atoms with Crippen molar-refractivity contribution in [1.82, 2.24) is 15.5 Å². The van der Waals surface area contributed by atoms with Gasteiger partial charge in [0.1, 0.15) is 0 Å². The number of hydrogen-bond donors (Lipinski definition) is 2. The van der Waals surface area contributed by atoms with Gasteiger partial charge in [0.25, 0.3) is 5.91 Å². The first-order valence-corrected chi connectivity index (χ1v) is 9.15. The van der Waals surface area contributed by atoms with Crippen LogP contribution in [0, 0.1) is 11.6 Å². The molecule has 4 fully saturated rings. The van der Waals surface area contributed by atoms with Gasteiger partial charge in [0.15, 0.2) is 11.6 Å². The van der Waals surface area contributed by atoms with Gasteiger partial charge in [-0.2, -0.15) is 0 Å². The number of carbonyl (C=O) groups excluding carboxylic acids is 1. The zero-order valence-corrected chi connectivity index (χ0v) is 14.0. The van der Waals surface area contributed by atoms with Crippen molar-refractivity contribution in [3.8, 4) is 0 Å². The molecule has 0 aliphatic carbocycles. The highest BCUT2D eigenvalue weighted by molar-refractivity contribution is 5.99. The smallest absolute Gasteiger partial charge is 0.257 e. The molecule has 1 aromatic rings. The van der Waals surface area contributed by atoms with Gasteiger partial charge in [0, 0.05) is 44.3 Å². The number of piperazine rings is 1. The van der Waals surface area contributed by atoms with Crippen molar-refractivity contribution in [3.63, 3.8) is 0 Å². The van der Waals surface area contributed by atoms with Crippen molar-refractivity contribution >= 4 is 11.6 Å². The summed E-state index contributed by atoms with van der Waals surface area (Å²) in [6.07, 6.45) is 3.01.